The van der Waals surface area contributed by atoms with Crippen molar-refractivity contribution in [3.8, 4) is 5.75 Å². The summed E-state index contributed by atoms with van der Waals surface area (Å²) >= 11 is 0. The molecule has 0 amide bonds. The van der Waals surface area contributed by atoms with Gasteiger partial charge in [0.05, 0.1) is 12.4 Å². The fourth-order valence-electron chi connectivity index (χ4n) is 3.85. The van der Waals surface area contributed by atoms with E-state index in [0.29, 0.717) is 12.4 Å². The Bertz CT molecular complexity index is 824. The highest BCUT2D eigenvalue weighted by Crippen LogP contribution is 2.25. The molecule has 5 nitrogen and oxygen atoms in total. The zero-order valence-electron chi connectivity index (χ0n) is 22.0. The molecule has 9 heteroatoms. The summed E-state index contributed by atoms with van der Waals surface area (Å²) in [7, 11) is -4.15. The largest absolute Gasteiger partial charge is 0.494 e. The molecule has 0 fully saturated rings. The first kappa shape index (κ1) is 32.3. The van der Waals surface area contributed by atoms with E-state index < -0.39 is 27.8 Å². The number of benzene rings is 1. The van der Waals surface area contributed by atoms with Gasteiger partial charge in [0.15, 0.2) is 5.71 Å². The summed E-state index contributed by atoms with van der Waals surface area (Å²) in [5.74, 6) is 0.0442. The quantitative estimate of drug-likeness (QED) is 0.0898. The Balaban J connectivity index is 2.25. The molecule has 0 heterocycles. The van der Waals surface area contributed by atoms with Crippen molar-refractivity contribution in [1.29, 1.82) is 0 Å². The summed E-state index contributed by atoms with van der Waals surface area (Å²) in [5, 5.41) is 2.89. The molecular formula is C27H44F3NO4S. The first-order valence-electron chi connectivity index (χ1n) is 13.5. The van der Waals surface area contributed by atoms with E-state index in [1.165, 1.54) is 94.9 Å². The van der Waals surface area contributed by atoms with E-state index in [9.17, 15) is 21.6 Å². The monoisotopic (exact) mass is 535 g/mol. The van der Waals surface area contributed by atoms with Crippen molar-refractivity contribution >= 4 is 15.8 Å². The lowest BCUT2D eigenvalue weighted by molar-refractivity contribution is -0.0597. The molecule has 1 aromatic carbocycles. The fourth-order valence-corrected chi connectivity index (χ4v) is 4.61. The molecule has 0 unspecified atom stereocenters. The summed E-state index contributed by atoms with van der Waals surface area (Å²) in [4.78, 5) is 0. The van der Waals surface area contributed by atoms with Gasteiger partial charge in [-0.05, 0) is 37.1 Å². The Kier molecular flexibility index (Phi) is 16.6. The van der Waals surface area contributed by atoms with Gasteiger partial charge in [0.2, 0.25) is 0 Å². The molecule has 0 saturated carbocycles. The highest BCUT2D eigenvalue weighted by molar-refractivity contribution is 7.86. The Hall–Kier alpha value is -1.77. The fraction of sp³-hybridized carbons (Fsp3) is 0.741. The lowest BCUT2D eigenvalue weighted by Gasteiger charge is -2.11. The maximum absolute atomic E-state index is 13.3. The SMILES string of the molecule is CCCCCCCCCCCCCCCCOc1ccc(C(=NOS(=O)(=O)CCC)C(F)(F)F)cc1. The maximum atomic E-state index is 13.3. The number of nitrogens with zero attached hydrogens (tertiary/aromatic N) is 1. The molecule has 0 saturated heterocycles. The number of hydrogen-bond acceptors (Lipinski definition) is 5. The van der Waals surface area contributed by atoms with Crippen molar-refractivity contribution in [2.45, 2.75) is 116 Å². The summed E-state index contributed by atoms with van der Waals surface area (Å²) in [6.07, 6.45) is 13.1. The van der Waals surface area contributed by atoms with E-state index in [0.717, 1.165) is 19.3 Å². The third-order valence-corrected chi connectivity index (χ3v) is 7.07. The van der Waals surface area contributed by atoms with Crippen molar-refractivity contribution in [3.05, 3.63) is 29.8 Å². The van der Waals surface area contributed by atoms with Gasteiger partial charge in [0.25, 0.3) is 0 Å². The van der Waals surface area contributed by atoms with Crippen LogP contribution < -0.4 is 4.74 Å². The van der Waals surface area contributed by atoms with Gasteiger partial charge >= 0.3 is 16.3 Å². The minimum atomic E-state index is -4.86. The second-order valence-electron chi connectivity index (χ2n) is 9.24. The molecule has 0 aliphatic carbocycles. The average molecular weight is 536 g/mol. The number of oxime groups is 1. The molecule has 0 aromatic heterocycles. The van der Waals surface area contributed by atoms with Gasteiger partial charge in [-0.2, -0.15) is 21.6 Å². The summed E-state index contributed by atoms with van der Waals surface area (Å²) in [6.45, 7) is 4.32. The smallest absolute Gasteiger partial charge is 0.437 e. The van der Waals surface area contributed by atoms with E-state index in [2.05, 4.69) is 16.4 Å². The van der Waals surface area contributed by atoms with E-state index in [1.807, 2.05) is 0 Å². The topological polar surface area (TPSA) is 65.0 Å². The Morgan fingerprint density at radius 2 is 1.22 bits per heavy atom. The highest BCUT2D eigenvalue weighted by Gasteiger charge is 2.38. The lowest BCUT2D eigenvalue weighted by atomic mass is 10.0. The van der Waals surface area contributed by atoms with Gasteiger partial charge in [-0.15, -0.1) is 0 Å². The van der Waals surface area contributed by atoms with E-state index in [1.54, 1.807) is 6.92 Å². The van der Waals surface area contributed by atoms with E-state index >= 15 is 0 Å². The van der Waals surface area contributed by atoms with Gasteiger partial charge in [-0.3, -0.25) is 4.28 Å². The van der Waals surface area contributed by atoms with E-state index in [4.69, 9.17) is 4.74 Å². The van der Waals surface area contributed by atoms with Gasteiger partial charge in [0.1, 0.15) is 5.75 Å². The van der Waals surface area contributed by atoms with Crippen molar-refractivity contribution in [3.63, 3.8) is 0 Å². The van der Waals surface area contributed by atoms with Crippen molar-refractivity contribution in [2.24, 2.45) is 5.16 Å². The second kappa shape index (κ2) is 18.5. The first-order valence-corrected chi connectivity index (χ1v) is 15.1. The Labute approximate surface area is 216 Å². The average Bonchev–Trinajstić information content (AvgIpc) is 2.81. The molecule has 0 aliphatic rings. The van der Waals surface area contributed by atoms with Crippen LogP contribution in [0.3, 0.4) is 0 Å². The van der Waals surface area contributed by atoms with Crippen LogP contribution in [0, 0.1) is 0 Å². The third kappa shape index (κ3) is 15.4. The van der Waals surface area contributed by atoms with Crippen molar-refractivity contribution in [1.82, 2.24) is 0 Å². The van der Waals surface area contributed by atoms with Crippen LogP contribution in [0.5, 0.6) is 5.75 Å². The minimum absolute atomic E-state index is 0.213. The van der Waals surface area contributed by atoms with Crippen LogP contribution in [0.2, 0.25) is 0 Å². The normalized spacial score (nSPS) is 12.6. The molecule has 0 aliphatic heterocycles. The van der Waals surface area contributed by atoms with Gasteiger partial charge in [-0.25, -0.2) is 0 Å². The predicted molar refractivity (Wildman–Crippen MR) is 140 cm³/mol. The standard InChI is InChI=1S/C27H44F3NO4S/c1-3-5-6-7-8-9-10-11-12-13-14-15-16-17-22-34-25-20-18-24(19-21-25)26(27(28,29)30)31-35-36(32,33)23-4-2/h18-21H,3-17,22-23H2,1-2H3. The number of halogens is 3. The van der Waals surface area contributed by atoms with Crippen molar-refractivity contribution in [2.75, 3.05) is 12.4 Å². The first-order chi connectivity index (χ1) is 17.2. The molecule has 0 atom stereocenters. The summed E-state index contributed by atoms with van der Waals surface area (Å²) in [5.41, 5.74) is -1.70. The molecule has 36 heavy (non-hydrogen) atoms. The third-order valence-electron chi connectivity index (χ3n) is 5.86. The van der Waals surface area contributed by atoms with Crippen LogP contribution in [0.4, 0.5) is 13.2 Å². The highest BCUT2D eigenvalue weighted by atomic mass is 32.2. The number of rotatable bonds is 21. The molecule has 0 radical (unpaired) electrons. The second-order valence-corrected chi connectivity index (χ2v) is 10.9. The zero-order valence-corrected chi connectivity index (χ0v) is 22.8. The minimum Gasteiger partial charge on any atom is -0.494 e. The molecule has 0 bridgehead atoms. The van der Waals surface area contributed by atoms with Gasteiger partial charge in [0, 0.05) is 5.56 Å². The lowest BCUT2D eigenvalue weighted by Crippen LogP contribution is -2.25. The van der Waals surface area contributed by atoms with Crippen LogP contribution in [0.15, 0.2) is 29.4 Å². The Morgan fingerprint density at radius 1 is 0.750 bits per heavy atom. The predicted octanol–water partition coefficient (Wildman–Crippen LogP) is 8.57. The van der Waals surface area contributed by atoms with Crippen molar-refractivity contribution < 1.29 is 30.6 Å². The Morgan fingerprint density at radius 3 is 1.67 bits per heavy atom. The molecule has 0 spiro atoms. The molecule has 208 valence electrons. The van der Waals surface area contributed by atoms with Gasteiger partial charge in [-0.1, -0.05) is 102 Å². The van der Waals surface area contributed by atoms with Crippen LogP contribution in [0.1, 0.15) is 116 Å². The van der Waals surface area contributed by atoms with Crippen LogP contribution in [0.25, 0.3) is 0 Å². The number of ether oxygens (including phenoxy) is 1. The maximum Gasteiger partial charge on any atom is 0.437 e. The molecule has 1 rings (SSSR count). The number of unbranched alkanes of at least 4 members (excludes halogenated alkanes) is 13. The molecule has 0 N–H and O–H groups in total. The number of alkyl halides is 3. The molecule has 1 aromatic rings. The summed E-state index contributed by atoms with van der Waals surface area (Å²) < 4.78 is 73.0. The summed E-state index contributed by atoms with van der Waals surface area (Å²) in [6, 6.07) is 5.23. The van der Waals surface area contributed by atoms with Crippen LogP contribution >= 0.6 is 0 Å². The van der Waals surface area contributed by atoms with Crippen LogP contribution in [-0.4, -0.2) is 32.7 Å². The molecular weight excluding hydrogens is 491 g/mol. The van der Waals surface area contributed by atoms with E-state index in [-0.39, 0.29) is 12.0 Å². The zero-order chi connectivity index (χ0) is 26.7. The van der Waals surface area contributed by atoms with Crippen LogP contribution in [-0.2, 0) is 14.4 Å². The van der Waals surface area contributed by atoms with Gasteiger partial charge < -0.3 is 4.74 Å². The number of hydrogen-bond donors (Lipinski definition) is 0.